The summed E-state index contributed by atoms with van der Waals surface area (Å²) in [5, 5.41) is 7.74. The van der Waals surface area contributed by atoms with Gasteiger partial charge in [0.2, 0.25) is 5.95 Å². The SMILES string of the molecule is CC(C)n1cc(-c2ccnc(NC3CC[N-]CC3)n2)n(-c2ccc(F)cc2)c1=O.[CH3-].[Y]. The third-order valence-corrected chi connectivity index (χ3v) is 5.08. The van der Waals surface area contributed by atoms with Gasteiger partial charge in [-0.3, -0.25) is 9.13 Å². The molecule has 0 bridgehead atoms. The molecule has 1 saturated heterocycles. The summed E-state index contributed by atoms with van der Waals surface area (Å²) < 4.78 is 16.6. The van der Waals surface area contributed by atoms with Crippen molar-refractivity contribution in [3.8, 4) is 17.1 Å². The summed E-state index contributed by atoms with van der Waals surface area (Å²) in [5.41, 5.74) is 1.67. The van der Waals surface area contributed by atoms with E-state index in [0.717, 1.165) is 25.9 Å². The predicted octanol–water partition coefficient (Wildman–Crippen LogP) is 4.21. The number of hydrogen-bond acceptors (Lipinski definition) is 4. The van der Waals surface area contributed by atoms with E-state index >= 15 is 0 Å². The van der Waals surface area contributed by atoms with Crippen molar-refractivity contribution in [1.82, 2.24) is 19.1 Å². The quantitative estimate of drug-likeness (QED) is 0.534. The maximum atomic E-state index is 13.4. The minimum absolute atomic E-state index is 0. The Kier molecular flexibility index (Phi) is 9.09. The average Bonchev–Trinajstić information content (AvgIpc) is 3.07. The topological polar surface area (TPSA) is 78.8 Å². The summed E-state index contributed by atoms with van der Waals surface area (Å²) in [6, 6.07) is 7.93. The molecule has 0 spiro atoms. The maximum absolute atomic E-state index is 13.4. The minimum atomic E-state index is -0.348. The summed E-state index contributed by atoms with van der Waals surface area (Å²) in [6.07, 6.45) is 5.39. The van der Waals surface area contributed by atoms with Crippen molar-refractivity contribution in [2.45, 2.75) is 38.8 Å². The molecule has 1 aliphatic heterocycles. The van der Waals surface area contributed by atoms with Crippen molar-refractivity contribution in [3.63, 3.8) is 0 Å². The Morgan fingerprint density at radius 1 is 1.16 bits per heavy atom. The summed E-state index contributed by atoms with van der Waals surface area (Å²) >= 11 is 0. The molecule has 163 valence electrons. The number of imidazole rings is 1. The van der Waals surface area contributed by atoms with Crippen molar-refractivity contribution < 1.29 is 37.1 Å². The third kappa shape index (κ3) is 5.67. The zero-order valence-corrected chi connectivity index (χ0v) is 21.0. The Balaban J connectivity index is 0.00000171. The van der Waals surface area contributed by atoms with E-state index in [1.54, 1.807) is 39.7 Å². The summed E-state index contributed by atoms with van der Waals surface area (Å²) in [5.74, 6) is 0.184. The fourth-order valence-electron chi connectivity index (χ4n) is 3.50. The van der Waals surface area contributed by atoms with Gasteiger partial charge in [-0.1, -0.05) is 12.8 Å². The van der Waals surface area contributed by atoms with Gasteiger partial charge >= 0.3 is 5.69 Å². The first-order valence-corrected chi connectivity index (χ1v) is 9.86. The maximum Gasteiger partial charge on any atom is 0.333 e. The molecule has 0 saturated carbocycles. The molecule has 2 aromatic heterocycles. The van der Waals surface area contributed by atoms with Gasteiger partial charge in [0, 0.05) is 57.2 Å². The van der Waals surface area contributed by atoms with Crippen LogP contribution in [0.4, 0.5) is 10.3 Å². The van der Waals surface area contributed by atoms with Gasteiger partial charge in [0.05, 0.1) is 17.1 Å². The van der Waals surface area contributed by atoms with E-state index in [0.29, 0.717) is 29.1 Å². The molecule has 7 nitrogen and oxygen atoms in total. The van der Waals surface area contributed by atoms with E-state index in [-0.39, 0.29) is 57.7 Å². The second kappa shape index (κ2) is 11.1. The Labute approximate surface area is 207 Å². The minimum Gasteiger partial charge on any atom is -0.662 e. The van der Waals surface area contributed by atoms with E-state index in [1.165, 1.54) is 12.1 Å². The van der Waals surface area contributed by atoms with Crippen molar-refractivity contribution in [2.24, 2.45) is 0 Å². The fraction of sp³-hybridized carbons (Fsp3) is 0.364. The fourth-order valence-corrected chi connectivity index (χ4v) is 3.50. The molecule has 0 unspecified atom stereocenters. The Bertz CT molecular complexity index is 1040. The van der Waals surface area contributed by atoms with Crippen LogP contribution in [-0.2, 0) is 32.7 Å². The molecule has 1 N–H and O–H groups in total. The molecule has 3 heterocycles. The summed E-state index contributed by atoms with van der Waals surface area (Å²) in [7, 11) is 0. The van der Waals surface area contributed by atoms with Gasteiger partial charge in [0.15, 0.2) is 0 Å². The first kappa shape index (κ1) is 25.4. The van der Waals surface area contributed by atoms with E-state index < -0.39 is 0 Å². The van der Waals surface area contributed by atoms with Gasteiger partial charge in [-0.25, -0.2) is 19.2 Å². The molecule has 9 heteroatoms. The molecule has 1 fully saturated rings. The van der Waals surface area contributed by atoms with Gasteiger partial charge < -0.3 is 18.1 Å². The van der Waals surface area contributed by atoms with Gasteiger partial charge in [-0.15, -0.1) is 13.1 Å². The molecule has 1 aliphatic rings. The zero-order chi connectivity index (χ0) is 20.4. The van der Waals surface area contributed by atoms with Gasteiger partial charge in [-0.05, 0) is 44.2 Å². The number of nitrogens with one attached hydrogen (secondary N) is 1. The molecule has 0 aliphatic carbocycles. The standard InChI is InChI=1S/C21H24FN6O.CH3.Y/c1-14(2)27-13-19(28(21(27)29)17-5-3-15(22)4-6-17)18-9-12-24-20(26-18)25-16-7-10-23-11-8-16;;/h3-6,9,12-14,16H,7-8,10-11H2,1-2H3,(H,24,25,26);1H3;/q2*-1;. The Hall–Kier alpha value is -1.90. The largest absolute Gasteiger partial charge is 0.662 e. The first-order valence-electron chi connectivity index (χ1n) is 9.86. The van der Waals surface area contributed by atoms with Crippen molar-refractivity contribution in [2.75, 3.05) is 18.4 Å². The molecular weight excluding hydrogens is 472 g/mol. The van der Waals surface area contributed by atoms with Crippen LogP contribution < -0.4 is 11.0 Å². The second-order valence-electron chi connectivity index (χ2n) is 7.46. The van der Waals surface area contributed by atoms with E-state index in [9.17, 15) is 9.18 Å². The van der Waals surface area contributed by atoms with E-state index in [2.05, 4.69) is 20.6 Å². The molecule has 1 radical (unpaired) electrons. The third-order valence-electron chi connectivity index (χ3n) is 5.08. The van der Waals surface area contributed by atoms with Crippen LogP contribution in [0, 0.1) is 13.2 Å². The Morgan fingerprint density at radius 3 is 2.48 bits per heavy atom. The average molecular weight is 499 g/mol. The number of hydrogen-bond donors (Lipinski definition) is 1. The number of rotatable bonds is 5. The van der Waals surface area contributed by atoms with Crippen LogP contribution in [0.5, 0.6) is 0 Å². The summed E-state index contributed by atoms with van der Waals surface area (Å²) in [4.78, 5) is 22.0. The number of anilines is 1. The van der Waals surface area contributed by atoms with Crippen molar-refractivity contribution in [3.05, 3.63) is 71.8 Å². The van der Waals surface area contributed by atoms with Crippen LogP contribution in [0.3, 0.4) is 0 Å². The normalized spacial score (nSPS) is 14.1. The number of aromatic nitrogens is 4. The molecule has 0 atom stereocenters. The van der Waals surface area contributed by atoms with Crippen molar-refractivity contribution in [1.29, 1.82) is 0 Å². The van der Waals surface area contributed by atoms with Crippen LogP contribution >= 0.6 is 0 Å². The molecule has 3 aromatic rings. The predicted molar refractivity (Wildman–Crippen MR) is 118 cm³/mol. The Morgan fingerprint density at radius 2 is 1.84 bits per heavy atom. The monoisotopic (exact) mass is 499 g/mol. The van der Waals surface area contributed by atoms with Crippen LogP contribution in [0.1, 0.15) is 32.7 Å². The van der Waals surface area contributed by atoms with Crippen LogP contribution in [0.15, 0.2) is 47.5 Å². The van der Waals surface area contributed by atoms with Gasteiger partial charge in [0.1, 0.15) is 5.82 Å². The number of benzene rings is 1. The number of halogens is 1. The first-order chi connectivity index (χ1) is 14.0. The second-order valence-corrected chi connectivity index (χ2v) is 7.46. The zero-order valence-electron chi connectivity index (χ0n) is 18.1. The number of piperidine rings is 1. The van der Waals surface area contributed by atoms with Crippen molar-refractivity contribution >= 4 is 5.95 Å². The van der Waals surface area contributed by atoms with Crippen LogP contribution in [0.25, 0.3) is 22.4 Å². The van der Waals surface area contributed by atoms with Crippen LogP contribution in [0.2, 0.25) is 0 Å². The number of nitrogens with zero attached hydrogens (tertiary/aromatic N) is 5. The molecular formula is C22H27FN6OY-2. The van der Waals surface area contributed by atoms with E-state index in [4.69, 9.17) is 0 Å². The molecule has 31 heavy (non-hydrogen) atoms. The molecule has 4 rings (SSSR count). The summed E-state index contributed by atoms with van der Waals surface area (Å²) in [6.45, 7) is 5.58. The smallest absolute Gasteiger partial charge is 0.333 e. The van der Waals surface area contributed by atoms with Gasteiger partial charge in [-0.2, -0.15) is 0 Å². The van der Waals surface area contributed by atoms with Crippen LogP contribution in [-0.4, -0.2) is 38.2 Å². The molecule has 1 aromatic carbocycles. The van der Waals surface area contributed by atoms with E-state index in [1.807, 2.05) is 13.8 Å². The molecule has 0 amide bonds. The van der Waals surface area contributed by atoms with Gasteiger partial charge in [0.25, 0.3) is 0 Å².